The number of ether oxygens (including phenoxy) is 1. The Morgan fingerprint density at radius 1 is 1.40 bits per heavy atom. The van der Waals surface area contributed by atoms with E-state index in [-0.39, 0.29) is 5.41 Å². The lowest BCUT2D eigenvalue weighted by Crippen LogP contribution is -2.18. The molecule has 0 radical (unpaired) electrons. The Kier molecular flexibility index (Phi) is 2.25. The van der Waals surface area contributed by atoms with Gasteiger partial charge in [-0.3, -0.25) is 4.98 Å². The molecule has 0 unspecified atom stereocenters. The third-order valence-corrected chi connectivity index (χ3v) is 2.98. The summed E-state index contributed by atoms with van der Waals surface area (Å²) in [6.45, 7) is 11.6. The zero-order valence-electron chi connectivity index (χ0n) is 10.2. The van der Waals surface area contributed by atoms with E-state index in [4.69, 9.17) is 4.74 Å². The number of nitrogens with zero attached hydrogens (tertiary/aromatic N) is 1. The highest BCUT2D eigenvalue weighted by molar-refractivity contribution is 5.47. The van der Waals surface area contributed by atoms with Crippen LogP contribution in [-0.2, 0) is 5.41 Å². The Morgan fingerprint density at radius 3 is 2.67 bits per heavy atom. The van der Waals surface area contributed by atoms with Gasteiger partial charge in [-0.2, -0.15) is 0 Å². The van der Waals surface area contributed by atoms with Crippen molar-refractivity contribution in [1.29, 1.82) is 0 Å². The molecule has 0 saturated carbocycles. The average molecular weight is 205 g/mol. The summed E-state index contributed by atoms with van der Waals surface area (Å²) in [5.41, 5.74) is 3.65. The smallest absolute Gasteiger partial charge is 0.144 e. The molecule has 1 aromatic heterocycles. The molecule has 1 aliphatic heterocycles. The van der Waals surface area contributed by atoms with Crippen LogP contribution in [0.15, 0.2) is 6.07 Å². The fourth-order valence-electron chi connectivity index (χ4n) is 2.06. The molecule has 2 nitrogen and oxygen atoms in total. The molecule has 0 saturated heterocycles. The van der Waals surface area contributed by atoms with E-state index in [0.29, 0.717) is 5.92 Å². The number of hydrogen-bond donors (Lipinski definition) is 0. The van der Waals surface area contributed by atoms with Crippen LogP contribution in [0, 0.1) is 6.92 Å². The second-order valence-corrected chi connectivity index (χ2v) is 5.35. The van der Waals surface area contributed by atoms with Gasteiger partial charge < -0.3 is 4.74 Å². The summed E-state index contributed by atoms with van der Waals surface area (Å²) in [7, 11) is 0. The van der Waals surface area contributed by atoms with Crippen molar-refractivity contribution >= 4 is 0 Å². The van der Waals surface area contributed by atoms with Gasteiger partial charge >= 0.3 is 0 Å². The highest BCUT2D eigenvalue weighted by Crippen LogP contribution is 2.42. The molecule has 15 heavy (non-hydrogen) atoms. The predicted molar refractivity (Wildman–Crippen MR) is 61.6 cm³/mol. The highest BCUT2D eigenvalue weighted by atomic mass is 16.5. The third-order valence-electron chi connectivity index (χ3n) is 2.98. The Bertz CT molecular complexity index is 394. The van der Waals surface area contributed by atoms with Crippen LogP contribution in [0.25, 0.3) is 0 Å². The molecule has 2 rings (SSSR count). The van der Waals surface area contributed by atoms with Crippen molar-refractivity contribution in [3.8, 4) is 5.75 Å². The van der Waals surface area contributed by atoms with Gasteiger partial charge in [0.2, 0.25) is 0 Å². The normalized spacial score (nSPS) is 17.7. The van der Waals surface area contributed by atoms with Crippen molar-refractivity contribution in [3.63, 3.8) is 0 Å². The summed E-state index contributed by atoms with van der Waals surface area (Å²) in [6.07, 6.45) is 0. The van der Waals surface area contributed by atoms with Crippen molar-refractivity contribution < 1.29 is 4.74 Å². The highest BCUT2D eigenvalue weighted by Gasteiger charge is 2.34. The summed E-state index contributed by atoms with van der Waals surface area (Å²) < 4.78 is 5.80. The molecule has 2 heterocycles. The first-order valence-corrected chi connectivity index (χ1v) is 5.56. The molecule has 2 heteroatoms. The average Bonchev–Trinajstić information content (AvgIpc) is 2.41. The van der Waals surface area contributed by atoms with Crippen LogP contribution in [-0.4, -0.2) is 11.6 Å². The minimum Gasteiger partial charge on any atom is -0.490 e. The van der Waals surface area contributed by atoms with Gasteiger partial charge in [0, 0.05) is 16.7 Å². The van der Waals surface area contributed by atoms with Gasteiger partial charge in [0.1, 0.15) is 5.75 Å². The van der Waals surface area contributed by atoms with Crippen LogP contribution in [0.4, 0.5) is 0 Å². The molecule has 0 aromatic carbocycles. The molecule has 0 aliphatic carbocycles. The van der Waals surface area contributed by atoms with Gasteiger partial charge in [-0.05, 0) is 18.9 Å². The topological polar surface area (TPSA) is 22.1 Å². The number of rotatable bonds is 1. The van der Waals surface area contributed by atoms with Crippen molar-refractivity contribution in [2.24, 2.45) is 0 Å². The first-order valence-electron chi connectivity index (χ1n) is 5.56. The van der Waals surface area contributed by atoms with E-state index < -0.39 is 0 Å². The zero-order valence-corrected chi connectivity index (χ0v) is 10.2. The van der Waals surface area contributed by atoms with E-state index in [0.717, 1.165) is 23.7 Å². The molecule has 0 atom stereocenters. The van der Waals surface area contributed by atoms with Gasteiger partial charge in [0.25, 0.3) is 0 Å². The quantitative estimate of drug-likeness (QED) is 0.702. The Morgan fingerprint density at radius 2 is 2.07 bits per heavy atom. The van der Waals surface area contributed by atoms with E-state index in [1.54, 1.807) is 0 Å². The molecule has 0 N–H and O–H groups in total. The summed E-state index contributed by atoms with van der Waals surface area (Å²) in [5, 5.41) is 0. The number of hydrogen-bond acceptors (Lipinski definition) is 2. The van der Waals surface area contributed by atoms with Crippen LogP contribution < -0.4 is 4.74 Å². The minimum atomic E-state index is 0.132. The van der Waals surface area contributed by atoms with Crippen LogP contribution in [0.1, 0.15) is 50.6 Å². The molecule has 82 valence electrons. The SMILES string of the molecule is Cc1cc2c(c(C(C)C)n1)OCC2(C)C. The first-order chi connectivity index (χ1) is 6.92. The van der Waals surface area contributed by atoms with Gasteiger partial charge in [0.15, 0.2) is 0 Å². The molecule has 0 amide bonds. The van der Waals surface area contributed by atoms with Gasteiger partial charge in [-0.1, -0.05) is 27.7 Å². The molecular weight excluding hydrogens is 186 g/mol. The monoisotopic (exact) mass is 205 g/mol. The second kappa shape index (κ2) is 3.22. The van der Waals surface area contributed by atoms with Crippen molar-refractivity contribution in [2.45, 2.75) is 46.0 Å². The second-order valence-electron chi connectivity index (χ2n) is 5.35. The summed E-state index contributed by atoms with van der Waals surface area (Å²) in [5.74, 6) is 1.45. The van der Waals surface area contributed by atoms with E-state index in [1.165, 1.54) is 5.56 Å². The number of aryl methyl sites for hydroxylation is 1. The molecule has 1 aliphatic rings. The lowest BCUT2D eigenvalue weighted by Gasteiger charge is -2.16. The Labute approximate surface area is 91.7 Å². The van der Waals surface area contributed by atoms with Crippen molar-refractivity contribution in [2.75, 3.05) is 6.61 Å². The fraction of sp³-hybridized carbons (Fsp3) is 0.615. The molecule has 1 aromatic rings. The lowest BCUT2D eigenvalue weighted by molar-refractivity contribution is 0.288. The maximum atomic E-state index is 5.80. The Hall–Kier alpha value is -1.05. The maximum Gasteiger partial charge on any atom is 0.144 e. The summed E-state index contributed by atoms with van der Waals surface area (Å²) in [6, 6.07) is 2.16. The van der Waals surface area contributed by atoms with Crippen LogP contribution in [0.2, 0.25) is 0 Å². The minimum absolute atomic E-state index is 0.132. The van der Waals surface area contributed by atoms with Gasteiger partial charge in [0.05, 0.1) is 12.3 Å². The predicted octanol–water partition coefficient (Wildman–Crippen LogP) is 3.18. The molecule has 0 bridgehead atoms. The van der Waals surface area contributed by atoms with E-state index in [1.807, 2.05) is 0 Å². The maximum absolute atomic E-state index is 5.80. The lowest BCUT2D eigenvalue weighted by atomic mass is 9.86. The van der Waals surface area contributed by atoms with Crippen molar-refractivity contribution in [1.82, 2.24) is 4.98 Å². The van der Waals surface area contributed by atoms with Crippen LogP contribution >= 0.6 is 0 Å². The fourth-order valence-corrected chi connectivity index (χ4v) is 2.06. The number of pyridine rings is 1. The van der Waals surface area contributed by atoms with E-state index in [9.17, 15) is 0 Å². The first kappa shape index (κ1) is 10.5. The van der Waals surface area contributed by atoms with Gasteiger partial charge in [-0.25, -0.2) is 0 Å². The number of aromatic nitrogens is 1. The molecular formula is C13H19NO. The third kappa shape index (κ3) is 1.62. The standard InChI is InChI=1S/C13H19NO/c1-8(2)11-12-10(6-9(3)14-11)13(4,5)7-15-12/h6,8H,7H2,1-5H3. The molecule has 0 spiro atoms. The van der Waals surface area contributed by atoms with Crippen LogP contribution in [0.5, 0.6) is 5.75 Å². The zero-order chi connectivity index (χ0) is 11.2. The molecule has 0 fully saturated rings. The van der Waals surface area contributed by atoms with Crippen LogP contribution in [0.3, 0.4) is 0 Å². The summed E-state index contributed by atoms with van der Waals surface area (Å²) >= 11 is 0. The summed E-state index contributed by atoms with van der Waals surface area (Å²) in [4.78, 5) is 4.58. The van der Waals surface area contributed by atoms with Crippen molar-refractivity contribution in [3.05, 3.63) is 23.0 Å². The Balaban J connectivity index is 2.63. The van der Waals surface area contributed by atoms with E-state index in [2.05, 4.69) is 45.7 Å². The number of fused-ring (bicyclic) bond motifs is 1. The van der Waals surface area contributed by atoms with E-state index >= 15 is 0 Å². The van der Waals surface area contributed by atoms with Gasteiger partial charge in [-0.15, -0.1) is 0 Å². The largest absolute Gasteiger partial charge is 0.490 e.